The van der Waals surface area contributed by atoms with Crippen molar-refractivity contribution in [3.63, 3.8) is 0 Å². The highest BCUT2D eigenvalue weighted by atomic mass is 16.5. The first-order chi connectivity index (χ1) is 7.16. The van der Waals surface area contributed by atoms with E-state index in [-0.39, 0.29) is 18.1 Å². The molecule has 1 aromatic carbocycles. The van der Waals surface area contributed by atoms with Crippen LogP contribution in [0.1, 0.15) is 27.9 Å². The summed E-state index contributed by atoms with van der Waals surface area (Å²) < 4.78 is 4.94. The van der Waals surface area contributed by atoms with Crippen molar-refractivity contribution in [1.82, 2.24) is 0 Å². The number of carbonyl (C=O) groups excluding carboxylic acids is 1. The van der Waals surface area contributed by atoms with Crippen LogP contribution >= 0.6 is 0 Å². The van der Waals surface area contributed by atoms with Crippen molar-refractivity contribution in [1.29, 1.82) is 0 Å². The topological polar surface area (TPSA) is 63.6 Å². The maximum Gasteiger partial charge on any atom is 0.335 e. The fourth-order valence-corrected chi connectivity index (χ4v) is 1.60. The fourth-order valence-electron chi connectivity index (χ4n) is 1.60. The van der Waals surface area contributed by atoms with Gasteiger partial charge in [0.15, 0.2) is 0 Å². The summed E-state index contributed by atoms with van der Waals surface area (Å²) in [4.78, 5) is 21.8. The van der Waals surface area contributed by atoms with Crippen molar-refractivity contribution < 1.29 is 19.4 Å². The number of esters is 1. The minimum Gasteiger partial charge on any atom is -0.478 e. The van der Waals surface area contributed by atoms with Crippen LogP contribution in [0.2, 0.25) is 0 Å². The lowest BCUT2D eigenvalue weighted by atomic mass is 10.0. The van der Waals surface area contributed by atoms with Gasteiger partial charge in [-0.3, -0.25) is 4.79 Å². The second kappa shape index (κ2) is 3.73. The van der Waals surface area contributed by atoms with Crippen LogP contribution in [-0.4, -0.2) is 17.0 Å². The van der Waals surface area contributed by atoms with Gasteiger partial charge in [0, 0.05) is 6.42 Å². The quantitative estimate of drug-likeness (QED) is 0.705. The average Bonchev–Trinajstić information content (AvgIpc) is 2.40. The van der Waals surface area contributed by atoms with Crippen LogP contribution in [0.15, 0.2) is 18.2 Å². The third kappa shape index (κ3) is 1.98. The van der Waals surface area contributed by atoms with Crippen molar-refractivity contribution in [2.75, 3.05) is 0 Å². The number of cyclic esters (lactones) is 1. The van der Waals surface area contributed by atoms with Gasteiger partial charge in [0.2, 0.25) is 0 Å². The Hall–Kier alpha value is -1.84. The molecule has 0 aromatic heterocycles. The van der Waals surface area contributed by atoms with Gasteiger partial charge in [-0.2, -0.15) is 0 Å². The average molecular weight is 206 g/mol. The zero-order valence-corrected chi connectivity index (χ0v) is 8.03. The third-order valence-electron chi connectivity index (χ3n) is 2.44. The highest BCUT2D eigenvalue weighted by Crippen LogP contribution is 2.19. The lowest BCUT2D eigenvalue weighted by Gasteiger charge is -2.04. The Labute approximate surface area is 86.5 Å². The van der Waals surface area contributed by atoms with E-state index < -0.39 is 5.97 Å². The summed E-state index contributed by atoms with van der Waals surface area (Å²) in [6.07, 6.45) is 0.866. The van der Waals surface area contributed by atoms with Gasteiger partial charge in [-0.15, -0.1) is 0 Å². The molecule has 0 saturated heterocycles. The number of hydrogen-bond acceptors (Lipinski definition) is 3. The number of ether oxygens (including phenoxy) is 1. The number of carboxylic acid groups (broad SMARTS) is 1. The Balaban J connectivity index is 2.36. The van der Waals surface area contributed by atoms with Gasteiger partial charge in [-0.25, -0.2) is 4.79 Å². The molecular formula is C11H10O4. The molecule has 0 saturated carbocycles. The Morgan fingerprint density at radius 1 is 1.27 bits per heavy atom. The van der Waals surface area contributed by atoms with Crippen LogP contribution in [0.3, 0.4) is 0 Å². The van der Waals surface area contributed by atoms with E-state index in [9.17, 15) is 9.59 Å². The minimum atomic E-state index is -0.950. The molecule has 0 fully saturated rings. The van der Waals surface area contributed by atoms with Gasteiger partial charge in [0.25, 0.3) is 0 Å². The van der Waals surface area contributed by atoms with E-state index in [2.05, 4.69) is 0 Å². The Morgan fingerprint density at radius 3 is 2.80 bits per heavy atom. The summed E-state index contributed by atoms with van der Waals surface area (Å²) >= 11 is 0. The maximum atomic E-state index is 11.0. The van der Waals surface area contributed by atoms with Crippen LogP contribution in [0, 0.1) is 0 Å². The van der Waals surface area contributed by atoms with Crippen molar-refractivity contribution >= 4 is 11.9 Å². The first kappa shape index (κ1) is 9.71. The number of fused-ring (bicyclic) bond motifs is 1. The molecule has 1 aliphatic rings. The number of aromatic carboxylic acids is 1. The molecule has 0 bridgehead atoms. The first-order valence-corrected chi connectivity index (χ1v) is 4.67. The molecule has 2 rings (SSSR count). The molecule has 4 nitrogen and oxygen atoms in total. The summed E-state index contributed by atoms with van der Waals surface area (Å²) in [5, 5.41) is 8.81. The van der Waals surface area contributed by atoms with Gasteiger partial charge < -0.3 is 9.84 Å². The smallest absolute Gasteiger partial charge is 0.335 e. The van der Waals surface area contributed by atoms with E-state index >= 15 is 0 Å². The second-order valence-electron chi connectivity index (χ2n) is 3.45. The maximum absolute atomic E-state index is 11.0. The molecule has 1 aromatic rings. The molecule has 1 N–H and O–H groups in total. The van der Waals surface area contributed by atoms with E-state index in [1.165, 1.54) is 6.07 Å². The van der Waals surface area contributed by atoms with E-state index in [1.54, 1.807) is 12.1 Å². The first-order valence-electron chi connectivity index (χ1n) is 4.67. The van der Waals surface area contributed by atoms with Crippen LogP contribution in [0.5, 0.6) is 0 Å². The fraction of sp³-hybridized carbons (Fsp3) is 0.273. The number of hydrogen-bond donors (Lipinski definition) is 1. The van der Waals surface area contributed by atoms with Crippen LogP contribution in [0.4, 0.5) is 0 Å². The van der Waals surface area contributed by atoms with Crippen molar-refractivity contribution in [3.05, 3.63) is 34.9 Å². The number of carbonyl (C=O) groups is 2. The molecule has 0 radical (unpaired) electrons. The number of carboxylic acids is 1. The van der Waals surface area contributed by atoms with Crippen molar-refractivity contribution in [3.8, 4) is 0 Å². The van der Waals surface area contributed by atoms with Crippen LogP contribution in [-0.2, 0) is 22.6 Å². The largest absolute Gasteiger partial charge is 0.478 e. The second-order valence-corrected chi connectivity index (χ2v) is 3.45. The van der Waals surface area contributed by atoms with Gasteiger partial charge in [-0.1, -0.05) is 6.07 Å². The molecule has 0 spiro atoms. The normalized spacial score (nSPS) is 15.1. The third-order valence-corrected chi connectivity index (χ3v) is 2.44. The van der Waals surface area contributed by atoms with Gasteiger partial charge in [0.05, 0.1) is 5.56 Å². The minimum absolute atomic E-state index is 0.233. The summed E-state index contributed by atoms with van der Waals surface area (Å²) in [5.74, 6) is -1.18. The van der Waals surface area contributed by atoms with Crippen LogP contribution in [0.25, 0.3) is 0 Å². The van der Waals surface area contributed by atoms with E-state index in [4.69, 9.17) is 9.84 Å². The van der Waals surface area contributed by atoms with E-state index in [1.807, 2.05) is 0 Å². The molecule has 15 heavy (non-hydrogen) atoms. The molecular weight excluding hydrogens is 196 g/mol. The SMILES string of the molecule is O=C1CCc2cc(C(=O)O)ccc2CO1. The number of aryl methyl sites for hydroxylation is 1. The van der Waals surface area contributed by atoms with Gasteiger partial charge >= 0.3 is 11.9 Å². The lowest BCUT2D eigenvalue weighted by molar-refractivity contribution is -0.144. The monoisotopic (exact) mass is 206 g/mol. The summed E-state index contributed by atoms with van der Waals surface area (Å²) in [6.45, 7) is 0.244. The zero-order chi connectivity index (χ0) is 10.8. The zero-order valence-electron chi connectivity index (χ0n) is 8.03. The van der Waals surface area contributed by atoms with Gasteiger partial charge in [-0.05, 0) is 29.7 Å². The van der Waals surface area contributed by atoms with Crippen molar-refractivity contribution in [2.24, 2.45) is 0 Å². The molecule has 0 atom stereocenters. The standard InChI is InChI=1S/C11H10O4/c12-10-4-3-7-5-8(11(13)14)1-2-9(7)6-15-10/h1-2,5H,3-4,6H2,(H,13,14). The summed E-state index contributed by atoms with van der Waals surface area (Å²) in [5.41, 5.74) is 2.04. The highest BCUT2D eigenvalue weighted by Gasteiger charge is 2.15. The predicted molar refractivity (Wildman–Crippen MR) is 51.5 cm³/mol. The molecule has 4 heteroatoms. The number of benzene rings is 1. The van der Waals surface area contributed by atoms with Crippen LogP contribution < -0.4 is 0 Å². The van der Waals surface area contributed by atoms with E-state index in [0.29, 0.717) is 12.8 Å². The van der Waals surface area contributed by atoms with E-state index in [0.717, 1.165) is 11.1 Å². The summed E-state index contributed by atoms with van der Waals surface area (Å²) in [7, 11) is 0. The van der Waals surface area contributed by atoms with Crippen molar-refractivity contribution in [2.45, 2.75) is 19.4 Å². The molecule has 78 valence electrons. The molecule has 1 heterocycles. The lowest BCUT2D eigenvalue weighted by Crippen LogP contribution is -2.00. The number of rotatable bonds is 1. The molecule has 0 amide bonds. The molecule has 0 aliphatic carbocycles. The predicted octanol–water partition coefficient (Wildman–Crippen LogP) is 1.37. The Morgan fingerprint density at radius 2 is 2.07 bits per heavy atom. The Bertz CT molecular complexity index is 423. The summed E-state index contributed by atoms with van der Waals surface area (Å²) in [6, 6.07) is 4.84. The highest BCUT2D eigenvalue weighted by molar-refractivity contribution is 5.88. The molecule has 0 unspecified atom stereocenters. The Kier molecular flexibility index (Phi) is 2.41. The van der Waals surface area contributed by atoms with Gasteiger partial charge in [0.1, 0.15) is 6.61 Å². The molecule has 1 aliphatic heterocycles.